The van der Waals surface area contributed by atoms with Crippen molar-refractivity contribution in [1.29, 1.82) is 0 Å². The van der Waals surface area contributed by atoms with Crippen LogP contribution in [0.25, 0.3) is 11.0 Å². The van der Waals surface area contributed by atoms with Crippen LogP contribution in [0.2, 0.25) is 0 Å². The minimum atomic E-state index is -0.379. The summed E-state index contributed by atoms with van der Waals surface area (Å²) in [4.78, 5) is 18.1. The maximum atomic E-state index is 11.6. The van der Waals surface area contributed by atoms with E-state index in [2.05, 4.69) is 60.2 Å². The summed E-state index contributed by atoms with van der Waals surface area (Å²) in [6.07, 6.45) is 2.00. The minimum absolute atomic E-state index is 0.00515. The number of halogens is 2. The molecule has 25 heavy (non-hydrogen) atoms. The number of anilines is 1. The predicted octanol–water partition coefficient (Wildman–Crippen LogP) is 4.05. The van der Waals surface area contributed by atoms with Gasteiger partial charge < -0.3 is 15.2 Å². The molecular weight excluding hydrogens is 454 g/mol. The van der Waals surface area contributed by atoms with Crippen molar-refractivity contribution in [3.05, 3.63) is 25.1 Å². The zero-order chi connectivity index (χ0) is 18.3. The van der Waals surface area contributed by atoms with Crippen LogP contribution in [-0.2, 0) is 6.54 Å². The van der Waals surface area contributed by atoms with Gasteiger partial charge >= 0.3 is 5.69 Å². The van der Waals surface area contributed by atoms with Gasteiger partial charge in [0.05, 0.1) is 10.4 Å². The normalized spacial score (nSPS) is 18.3. The molecule has 0 saturated carbocycles. The summed E-state index contributed by atoms with van der Waals surface area (Å²) in [6, 6.07) is 2.00. The van der Waals surface area contributed by atoms with Gasteiger partial charge in [0.15, 0.2) is 5.52 Å². The number of nitrogens with zero attached hydrogens (tertiary/aromatic N) is 4. The highest BCUT2D eigenvalue weighted by Gasteiger charge is 2.29. The van der Waals surface area contributed by atoms with Crippen LogP contribution in [0.3, 0.4) is 0 Å². The number of fused-ring (bicyclic) bond motifs is 1. The standard InChI is InChI=1S/C16H21Br2N5O2/c1-9(2)7-22-12-6-11(17)13(18)15(23(24)25)14(12)20-16(22)21-5-3-4-10(19)8-21/h6,9-10H,3-5,7-8,19H2,1-2H3. The number of hydrogen-bond donors (Lipinski definition) is 1. The van der Waals surface area contributed by atoms with Crippen molar-refractivity contribution in [3.63, 3.8) is 0 Å². The zero-order valence-electron chi connectivity index (χ0n) is 14.2. The Balaban J connectivity index is 2.25. The highest BCUT2D eigenvalue weighted by Crippen LogP contribution is 2.40. The van der Waals surface area contributed by atoms with E-state index in [4.69, 9.17) is 5.73 Å². The third-order valence-corrected chi connectivity index (χ3v) is 6.32. The lowest BCUT2D eigenvalue weighted by atomic mass is 10.1. The first-order valence-corrected chi connectivity index (χ1v) is 9.91. The number of hydrogen-bond acceptors (Lipinski definition) is 5. The van der Waals surface area contributed by atoms with E-state index < -0.39 is 0 Å². The Kier molecular flexibility index (Phi) is 5.36. The number of aromatic nitrogens is 2. The average Bonchev–Trinajstić information content (AvgIpc) is 2.85. The number of benzene rings is 1. The van der Waals surface area contributed by atoms with Crippen molar-refractivity contribution >= 4 is 54.5 Å². The third-order valence-electron chi connectivity index (χ3n) is 4.36. The van der Waals surface area contributed by atoms with Gasteiger partial charge in [-0.05, 0) is 56.7 Å². The molecule has 1 aliphatic heterocycles. The minimum Gasteiger partial charge on any atom is -0.341 e. The fraction of sp³-hybridized carbons (Fsp3) is 0.562. The second kappa shape index (κ2) is 7.20. The Bertz CT molecular complexity index is 821. The van der Waals surface area contributed by atoms with Gasteiger partial charge in [0.1, 0.15) is 4.47 Å². The number of piperidine rings is 1. The van der Waals surface area contributed by atoms with E-state index in [1.165, 1.54) is 0 Å². The molecule has 0 bridgehead atoms. The molecule has 2 heterocycles. The van der Waals surface area contributed by atoms with E-state index in [-0.39, 0.29) is 16.7 Å². The van der Waals surface area contributed by atoms with Crippen LogP contribution in [0.15, 0.2) is 15.0 Å². The van der Waals surface area contributed by atoms with Gasteiger partial charge in [0.25, 0.3) is 0 Å². The molecule has 0 amide bonds. The largest absolute Gasteiger partial charge is 0.341 e. The van der Waals surface area contributed by atoms with Gasteiger partial charge in [0, 0.05) is 30.1 Å². The lowest BCUT2D eigenvalue weighted by Crippen LogP contribution is -2.44. The summed E-state index contributed by atoms with van der Waals surface area (Å²) in [5.74, 6) is 1.16. The smallest absolute Gasteiger partial charge is 0.312 e. The lowest BCUT2D eigenvalue weighted by Gasteiger charge is -2.32. The molecule has 1 unspecified atom stereocenters. The van der Waals surface area contributed by atoms with Crippen LogP contribution in [0.5, 0.6) is 0 Å². The lowest BCUT2D eigenvalue weighted by molar-refractivity contribution is -0.384. The third kappa shape index (κ3) is 3.54. The van der Waals surface area contributed by atoms with Crippen molar-refractivity contribution in [2.24, 2.45) is 11.7 Å². The Hall–Kier alpha value is -1.19. The molecule has 9 heteroatoms. The Morgan fingerprint density at radius 3 is 2.80 bits per heavy atom. The van der Waals surface area contributed by atoms with Crippen LogP contribution in [-0.4, -0.2) is 33.6 Å². The SMILES string of the molecule is CC(C)Cn1c(N2CCCC(N)C2)nc2c([N+](=O)[O-])c(Br)c(Br)cc21. The van der Waals surface area contributed by atoms with E-state index in [0.717, 1.165) is 43.9 Å². The van der Waals surface area contributed by atoms with Crippen LogP contribution < -0.4 is 10.6 Å². The summed E-state index contributed by atoms with van der Waals surface area (Å²) >= 11 is 6.75. The maximum Gasteiger partial charge on any atom is 0.312 e. The molecule has 1 fully saturated rings. The molecule has 2 aromatic rings. The van der Waals surface area contributed by atoms with Gasteiger partial charge in [-0.3, -0.25) is 10.1 Å². The first kappa shape index (κ1) is 18.6. The molecule has 2 N–H and O–H groups in total. The fourth-order valence-electron chi connectivity index (χ4n) is 3.32. The molecule has 1 aromatic heterocycles. The Morgan fingerprint density at radius 2 is 2.20 bits per heavy atom. The van der Waals surface area contributed by atoms with Crippen LogP contribution in [0, 0.1) is 16.0 Å². The monoisotopic (exact) mass is 473 g/mol. The second-order valence-corrected chi connectivity index (χ2v) is 8.56. The fourth-order valence-corrected chi connectivity index (χ4v) is 4.17. The van der Waals surface area contributed by atoms with Crippen molar-refractivity contribution in [1.82, 2.24) is 9.55 Å². The van der Waals surface area contributed by atoms with Crippen molar-refractivity contribution < 1.29 is 4.92 Å². The molecule has 0 aliphatic carbocycles. The Morgan fingerprint density at radius 1 is 1.48 bits per heavy atom. The van der Waals surface area contributed by atoms with Gasteiger partial charge in [-0.1, -0.05) is 13.8 Å². The predicted molar refractivity (Wildman–Crippen MR) is 106 cm³/mol. The van der Waals surface area contributed by atoms with E-state index in [9.17, 15) is 10.1 Å². The molecule has 0 spiro atoms. The number of nitro benzene ring substituents is 1. The molecule has 1 aliphatic rings. The summed E-state index contributed by atoms with van der Waals surface area (Å²) in [5, 5.41) is 11.6. The molecule has 3 rings (SSSR count). The zero-order valence-corrected chi connectivity index (χ0v) is 17.4. The first-order chi connectivity index (χ1) is 11.8. The topological polar surface area (TPSA) is 90.2 Å². The van der Waals surface area contributed by atoms with Crippen molar-refractivity contribution in [2.75, 3.05) is 18.0 Å². The number of imidazole rings is 1. The first-order valence-electron chi connectivity index (χ1n) is 8.32. The molecule has 1 saturated heterocycles. The molecule has 1 aromatic carbocycles. The summed E-state index contributed by atoms with van der Waals surface area (Å²) in [7, 11) is 0. The van der Waals surface area contributed by atoms with Crippen molar-refractivity contribution in [3.8, 4) is 0 Å². The van der Waals surface area contributed by atoms with Gasteiger partial charge in [0.2, 0.25) is 5.95 Å². The van der Waals surface area contributed by atoms with Crippen LogP contribution in [0.4, 0.5) is 11.6 Å². The summed E-state index contributed by atoms with van der Waals surface area (Å²) < 4.78 is 3.15. The van der Waals surface area contributed by atoms with E-state index in [1.54, 1.807) is 0 Å². The number of rotatable bonds is 4. The second-order valence-electron chi connectivity index (χ2n) is 6.91. The molecule has 0 radical (unpaired) electrons. The molecule has 136 valence electrons. The van der Waals surface area contributed by atoms with Crippen LogP contribution >= 0.6 is 31.9 Å². The Labute approximate surface area is 163 Å². The van der Waals surface area contributed by atoms with E-state index in [1.807, 2.05) is 6.07 Å². The van der Waals surface area contributed by atoms with Gasteiger partial charge in [-0.25, -0.2) is 4.98 Å². The quantitative estimate of drug-likeness (QED) is 0.533. The molecule has 7 nitrogen and oxygen atoms in total. The van der Waals surface area contributed by atoms with E-state index >= 15 is 0 Å². The maximum absolute atomic E-state index is 11.6. The summed E-state index contributed by atoms with van der Waals surface area (Å²) in [6.45, 7) is 6.57. The highest BCUT2D eigenvalue weighted by atomic mass is 79.9. The average molecular weight is 475 g/mol. The summed E-state index contributed by atoms with van der Waals surface area (Å²) in [5.41, 5.74) is 7.31. The number of nitrogens with two attached hydrogens (primary N) is 1. The highest BCUT2D eigenvalue weighted by molar-refractivity contribution is 9.13. The van der Waals surface area contributed by atoms with Gasteiger partial charge in [-0.2, -0.15) is 0 Å². The molecule has 1 atom stereocenters. The molecular formula is C16H21Br2N5O2. The number of nitro groups is 1. The van der Waals surface area contributed by atoms with Crippen LogP contribution in [0.1, 0.15) is 26.7 Å². The van der Waals surface area contributed by atoms with Crippen molar-refractivity contribution in [2.45, 2.75) is 39.3 Å². The van der Waals surface area contributed by atoms with Gasteiger partial charge in [-0.15, -0.1) is 0 Å². The van der Waals surface area contributed by atoms with E-state index in [0.29, 0.717) is 20.4 Å².